The Morgan fingerprint density at radius 1 is 1.56 bits per heavy atom. The molecular formula is C11H17ClN2O2S2. The normalized spacial score (nSPS) is 13.8. The number of hydrogen-bond acceptors (Lipinski definition) is 4. The number of pyridine rings is 1. The Labute approximate surface area is 118 Å². The molecule has 1 rings (SSSR count). The molecule has 7 heteroatoms. The zero-order valence-corrected chi connectivity index (χ0v) is 13.0. The molecule has 0 N–H and O–H groups in total. The van der Waals surface area contributed by atoms with Crippen molar-refractivity contribution in [1.82, 2.24) is 9.29 Å². The minimum Gasteiger partial charge on any atom is -0.244 e. The quantitative estimate of drug-likeness (QED) is 0.758. The van der Waals surface area contributed by atoms with Gasteiger partial charge in [0.1, 0.15) is 5.15 Å². The minimum atomic E-state index is -3.49. The Morgan fingerprint density at radius 2 is 2.22 bits per heavy atom. The maximum Gasteiger partial charge on any atom is 0.243 e. The van der Waals surface area contributed by atoms with Gasteiger partial charge in [0, 0.05) is 19.3 Å². The van der Waals surface area contributed by atoms with Crippen LogP contribution in [0.2, 0.25) is 5.15 Å². The van der Waals surface area contributed by atoms with Crippen LogP contribution in [0.5, 0.6) is 0 Å². The molecule has 1 unspecified atom stereocenters. The predicted octanol–water partition coefficient (Wildman–Crippen LogP) is 2.50. The van der Waals surface area contributed by atoms with Crippen molar-refractivity contribution in [2.24, 2.45) is 0 Å². The van der Waals surface area contributed by atoms with Crippen molar-refractivity contribution in [3.05, 3.63) is 23.5 Å². The number of thioether (sulfide) groups is 1. The average Bonchev–Trinajstić information content (AvgIpc) is 2.34. The van der Waals surface area contributed by atoms with Gasteiger partial charge >= 0.3 is 0 Å². The fourth-order valence-electron chi connectivity index (χ4n) is 1.42. The highest BCUT2D eigenvalue weighted by Crippen LogP contribution is 2.20. The Kier molecular flexibility index (Phi) is 5.91. The first kappa shape index (κ1) is 15.8. The smallest absolute Gasteiger partial charge is 0.243 e. The van der Waals surface area contributed by atoms with Crippen LogP contribution < -0.4 is 0 Å². The summed E-state index contributed by atoms with van der Waals surface area (Å²) in [5.41, 5.74) is 0. The second kappa shape index (κ2) is 6.75. The molecule has 0 spiro atoms. The Morgan fingerprint density at radius 3 is 2.78 bits per heavy atom. The fourth-order valence-corrected chi connectivity index (χ4v) is 3.64. The first-order chi connectivity index (χ1) is 8.39. The number of hydrogen-bond donors (Lipinski definition) is 0. The molecular weight excluding hydrogens is 292 g/mol. The topological polar surface area (TPSA) is 50.3 Å². The molecule has 102 valence electrons. The summed E-state index contributed by atoms with van der Waals surface area (Å²) < 4.78 is 26.0. The Hall–Kier alpha value is -0.300. The van der Waals surface area contributed by atoms with E-state index in [0.29, 0.717) is 0 Å². The van der Waals surface area contributed by atoms with E-state index in [4.69, 9.17) is 11.6 Å². The van der Waals surface area contributed by atoms with Gasteiger partial charge in [-0.25, -0.2) is 13.4 Å². The maximum absolute atomic E-state index is 12.3. The van der Waals surface area contributed by atoms with Crippen LogP contribution in [-0.2, 0) is 10.0 Å². The van der Waals surface area contributed by atoms with Gasteiger partial charge in [-0.05, 0) is 37.5 Å². The molecule has 0 bridgehead atoms. The van der Waals surface area contributed by atoms with E-state index >= 15 is 0 Å². The van der Waals surface area contributed by atoms with Crippen molar-refractivity contribution in [2.45, 2.75) is 24.3 Å². The average molecular weight is 309 g/mol. The summed E-state index contributed by atoms with van der Waals surface area (Å²) in [6, 6.07) is 2.78. The van der Waals surface area contributed by atoms with Gasteiger partial charge in [-0.3, -0.25) is 0 Å². The van der Waals surface area contributed by atoms with Crippen LogP contribution in [0.3, 0.4) is 0 Å². The molecule has 1 aromatic rings. The highest BCUT2D eigenvalue weighted by atomic mass is 35.5. The van der Waals surface area contributed by atoms with Crippen molar-refractivity contribution in [3.8, 4) is 0 Å². The highest BCUT2D eigenvalue weighted by molar-refractivity contribution is 7.98. The third-order valence-electron chi connectivity index (χ3n) is 2.74. The lowest BCUT2D eigenvalue weighted by atomic mass is 10.3. The van der Waals surface area contributed by atoms with Gasteiger partial charge in [0.05, 0.1) is 4.90 Å². The number of sulfonamides is 1. The van der Waals surface area contributed by atoms with Crippen molar-refractivity contribution >= 4 is 33.4 Å². The zero-order chi connectivity index (χ0) is 13.8. The number of aromatic nitrogens is 1. The number of halogens is 1. The van der Waals surface area contributed by atoms with Crippen LogP contribution in [0.4, 0.5) is 0 Å². The second-order valence-corrected chi connectivity index (χ2v) is 7.34. The monoisotopic (exact) mass is 308 g/mol. The van der Waals surface area contributed by atoms with Crippen molar-refractivity contribution < 1.29 is 8.42 Å². The van der Waals surface area contributed by atoms with Crippen molar-refractivity contribution in [3.63, 3.8) is 0 Å². The van der Waals surface area contributed by atoms with E-state index in [1.807, 2.05) is 13.2 Å². The van der Waals surface area contributed by atoms with Crippen LogP contribution in [0.15, 0.2) is 23.2 Å². The molecule has 0 saturated carbocycles. The van der Waals surface area contributed by atoms with Crippen LogP contribution >= 0.6 is 23.4 Å². The molecule has 1 heterocycles. The first-order valence-corrected chi connectivity index (χ1v) is 8.69. The third-order valence-corrected chi connectivity index (χ3v) is 5.55. The Bertz CT molecular complexity index is 494. The summed E-state index contributed by atoms with van der Waals surface area (Å²) in [7, 11) is -1.90. The van der Waals surface area contributed by atoms with E-state index in [9.17, 15) is 8.42 Å². The molecule has 0 aliphatic heterocycles. The van der Waals surface area contributed by atoms with E-state index in [2.05, 4.69) is 4.98 Å². The van der Waals surface area contributed by atoms with Crippen molar-refractivity contribution in [2.75, 3.05) is 19.1 Å². The number of nitrogens with zero attached hydrogens (tertiary/aromatic N) is 2. The fraction of sp³-hybridized carbons (Fsp3) is 0.545. The molecule has 0 saturated heterocycles. The summed E-state index contributed by atoms with van der Waals surface area (Å²) >= 11 is 7.43. The minimum absolute atomic E-state index is 0.0469. The van der Waals surface area contributed by atoms with E-state index in [1.54, 1.807) is 18.8 Å². The van der Waals surface area contributed by atoms with Gasteiger partial charge in [-0.2, -0.15) is 16.1 Å². The van der Waals surface area contributed by atoms with Crippen LogP contribution in [0.25, 0.3) is 0 Å². The lowest BCUT2D eigenvalue weighted by molar-refractivity contribution is 0.382. The molecule has 1 aromatic heterocycles. The van der Waals surface area contributed by atoms with E-state index in [-0.39, 0.29) is 16.1 Å². The van der Waals surface area contributed by atoms with Gasteiger partial charge in [-0.15, -0.1) is 0 Å². The largest absolute Gasteiger partial charge is 0.244 e. The van der Waals surface area contributed by atoms with Gasteiger partial charge in [-0.1, -0.05) is 11.6 Å². The van der Waals surface area contributed by atoms with Crippen molar-refractivity contribution in [1.29, 1.82) is 0 Å². The molecule has 1 atom stereocenters. The molecule has 4 nitrogen and oxygen atoms in total. The zero-order valence-electron chi connectivity index (χ0n) is 10.6. The Balaban J connectivity index is 2.92. The highest BCUT2D eigenvalue weighted by Gasteiger charge is 2.25. The molecule has 0 aromatic carbocycles. The standard InChI is InChI=1S/C11H17ClN2O2S2/c1-9(5-7-17-3)14(2)18(15,16)10-4-6-13-11(12)8-10/h4,6,8-9H,5,7H2,1-3H3. The molecule has 0 aliphatic rings. The van der Waals surface area contributed by atoms with E-state index in [1.165, 1.54) is 22.6 Å². The van der Waals surface area contributed by atoms with Crippen LogP contribution in [0.1, 0.15) is 13.3 Å². The molecule has 0 amide bonds. The lowest BCUT2D eigenvalue weighted by Crippen LogP contribution is -2.35. The summed E-state index contributed by atoms with van der Waals surface area (Å²) in [5, 5.41) is 0.182. The first-order valence-electron chi connectivity index (χ1n) is 5.48. The predicted molar refractivity (Wildman–Crippen MR) is 76.7 cm³/mol. The summed E-state index contributed by atoms with van der Waals surface area (Å²) in [4.78, 5) is 3.97. The SMILES string of the molecule is CSCCC(C)N(C)S(=O)(=O)c1ccnc(Cl)c1. The molecule has 0 aliphatic carbocycles. The van der Waals surface area contributed by atoms with Crippen LogP contribution in [0, 0.1) is 0 Å². The maximum atomic E-state index is 12.3. The van der Waals surface area contributed by atoms with E-state index in [0.717, 1.165) is 12.2 Å². The molecule has 0 fully saturated rings. The second-order valence-electron chi connectivity index (χ2n) is 3.97. The van der Waals surface area contributed by atoms with Gasteiger partial charge in [0.2, 0.25) is 10.0 Å². The van der Waals surface area contributed by atoms with Gasteiger partial charge < -0.3 is 0 Å². The summed E-state index contributed by atoms with van der Waals surface area (Å²) in [6.07, 6.45) is 4.22. The van der Waals surface area contributed by atoms with Gasteiger partial charge in [0.25, 0.3) is 0 Å². The van der Waals surface area contributed by atoms with Crippen LogP contribution in [-0.4, -0.2) is 42.8 Å². The third kappa shape index (κ3) is 3.85. The summed E-state index contributed by atoms with van der Waals surface area (Å²) in [6.45, 7) is 1.90. The lowest BCUT2D eigenvalue weighted by Gasteiger charge is -2.24. The number of rotatable bonds is 6. The summed E-state index contributed by atoms with van der Waals surface area (Å²) in [5.74, 6) is 0.929. The van der Waals surface area contributed by atoms with E-state index < -0.39 is 10.0 Å². The molecule has 18 heavy (non-hydrogen) atoms. The van der Waals surface area contributed by atoms with Gasteiger partial charge in [0.15, 0.2) is 0 Å². The molecule has 0 radical (unpaired) electrons.